The molecule has 4 heteroatoms. The molecule has 1 saturated heterocycles. The molecule has 0 aromatic heterocycles. The minimum Gasteiger partial charge on any atom is -0.367 e. The van der Waals surface area contributed by atoms with Gasteiger partial charge in [-0.1, -0.05) is 13.8 Å². The van der Waals surface area contributed by atoms with Crippen molar-refractivity contribution in [3.63, 3.8) is 0 Å². The van der Waals surface area contributed by atoms with Crippen molar-refractivity contribution in [2.75, 3.05) is 23.7 Å². The number of nitrogens with one attached hydrogen (secondary N) is 1. The molecule has 1 fully saturated rings. The predicted octanol–water partition coefficient (Wildman–Crippen LogP) is 3.66. The van der Waals surface area contributed by atoms with Crippen molar-refractivity contribution in [1.82, 2.24) is 5.32 Å². The van der Waals surface area contributed by atoms with Crippen molar-refractivity contribution in [3.05, 3.63) is 29.6 Å². The second-order valence-electron chi connectivity index (χ2n) is 5.46. The van der Waals surface area contributed by atoms with Crippen molar-refractivity contribution in [2.45, 2.75) is 45.0 Å². The first kappa shape index (κ1) is 15.6. The normalized spacial score (nSPS) is 23.1. The van der Waals surface area contributed by atoms with E-state index in [2.05, 4.69) is 31.0 Å². The summed E-state index contributed by atoms with van der Waals surface area (Å²) >= 11 is 2.02. The van der Waals surface area contributed by atoms with Gasteiger partial charge in [-0.3, -0.25) is 0 Å². The number of nitrogens with zero attached hydrogens (tertiary/aromatic N) is 1. The molecule has 112 valence electrons. The van der Waals surface area contributed by atoms with Crippen LogP contribution in [0.2, 0.25) is 0 Å². The van der Waals surface area contributed by atoms with E-state index in [4.69, 9.17) is 0 Å². The van der Waals surface area contributed by atoms with Crippen LogP contribution in [0.4, 0.5) is 10.1 Å². The van der Waals surface area contributed by atoms with Gasteiger partial charge in [0.15, 0.2) is 0 Å². The third kappa shape index (κ3) is 3.67. The first-order chi connectivity index (χ1) is 9.63. The number of hydrogen-bond acceptors (Lipinski definition) is 3. The maximum Gasteiger partial charge on any atom is 0.123 e. The molecule has 2 nitrogen and oxygen atoms in total. The number of rotatable bonds is 5. The van der Waals surface area contributed by atoms with Crippen molar-refractivity contribution in [2.24, 2.45) is 0 Å². The third-order valence-corrected chi connectivity index (χ3v) is 5.32. The first-order valence-electron chi connectivity index (χ1n) is 7.51. The lowest BCUT2D eigenvalue weighted by Gasteiger charge is -2.40. The molecular weight excluding hydrogens is 271 g/mol. The van der Waals surface area contributed by atoms with Gasteiger partial charge in [0.1, 0.15) is 5.82 Å². The Kier molecular flexibility index (Phi) is 5.73. The van der Waals surface area contributed by atoms with Crippen LogP contribution in [0.1, 0.15) is 32.8 Å². The molecule has 2 unspecified atom stereocenters. The number of anilines is 1. The molecule has 0 amide bonds. The Morgan fingerprint density at radius 3 is 2.95 bits per heavy atom. The molecule has 2 rings (SSSR count). The Labute approximate surface area is 126 Å². The van der Waals surface area contributed by atoms with Gasteiger partial charge in [-0.15, -0.1) is 0 Å². The second kappa shape index (κ2) is 7.32. The van der Waals surface area contributed by atoms with E-state index < -0.39 is 0 Å². The summed E-state index contributed by atoms with van der Waals surface area (Å²) in [6.45, 7) is 9.45. The number of thioether (sulfide) groups is 1. The molecule has 0 saturated carbocycles. The van der Waals surface area contributed by atoms with Gasteiger partial charge >= 0.3 is 0 Å². The molecule has 1 aromatic carbocycles. The zero-order valence-electron chi connectivity index (χ0n) is 12.7. The van der Waals surface area contributed by atoms with Gasteiger partial charge in [-0.25, -0.2) is 4.39 Å². The quantitative estimate of drug-likeness (QED) is 0.835. The molecule has 1 N–H and O–H groups in total. The molecule has 2 atom stereocenters. The lowest BCUT2D eigenvalue weighted by molar-refractivity contribution is 0.603. The zero-order chi connectivity index (χ0) is 14.5. The van der Waals surface area contributed by atoms with Gasteiger partial charge < -0.3 is 10.2 Å². The van der Waals surface area contributed by atoms with Gasteiger partial charge in [0.2, 0.25) is 0 Å². The second-order valence-corrected chi connectivity index (χ2v) is 6.94. The van der Waals surface area contributed by atoms with Crippen LogP contribution in [0, 0.1) is 5.82 Å². The Balaban J connectivity index is 2.20. The smallest absolute Gasteiger partial charge is 0.123 e. The molecule has 20 heavy (non-hydrogen) atoms. The summed E-state index contributed by atoms with van der Waals surface area (Å²) < 4.78 is 13.5. The highest BCUT2D eigenvalue weighted by atomic mass is 32.2. The van der Waals surface area contributed by atoms with E-state index in [1.54, 1.807) is 12.1 Å². The Bertz CT molecular complexity index is 438. The van der Waals surface area contributed by atoms with Crippen LogP contribution in [0.5, 0.6) is 0 Å². The summed E-state index contributed by atoms with van der Waals surface area (Å²) in [6.07, 6.45) is 1.10. The lowest BCUT2D eigenvalue weighted by atomic mass is 10.1. The minimum atomic E-state index is -0.144. The summed E-state index contributed by atoms with van der Waals surface area (Å²) in [4.78, 5) is 2.43. The highest BCUT2D eigenvalue weighted by molar-refractivity contribution is 8.00. The van der Waals surface area contributed by atoms with E-state index in [0.717, 1.165) is 37.4 Å². The van der Waals surface area contributed by atoms with E-state index in [-0.39, 0.29) is 5.82 Å². The largest absolute Gasteiger partial charge is 0.367 e. The highest BCUT2D eigenvalue weighted by Gasteiger charge is 2.26. The van der Waals surface area contributed by atoms with Gasteiger partial charge in [0.05, 0.1) is 0 Å². The van der Waals surface area contributed by atoms with E-state index in [1.807, 2.05) is 17.8 Å². The van der Waals surface area contributed by atoms with E-state index in [9.17, 15) is 4.39 Å². The molecule has 0 spiro atoms. The predicted molar refractivity (Wildman–Crippen MR) is 87.1 cm³/mol. The van der Waals surface area contributed by atoms with Crippen LogP contribution >= 0.6 is 11.8 Å². The Hall–Kier alpha value is -0.740. The maximum absolute atomic E-state index is 13.5. The molecule has 1 heterocycles. The van der Waals surface area contributed by atoms with Crippen LogP contribution in [0.3, 0.4) is 0 Å². The van der Waals surface area contributed by atoms with Gasteiger partial charge in [0, 0.05) is 35.8 Å². The van der Waals surface area contributed by atoms with Crippen molar-refractivity contribution in [3.8, 4) is 0 Å². The van der Waals surface area contributed by atoms with E-state index in [0.29, 0.717) is 11.3 Å². The van der Waals surface area contributed by atoms with E-state index >= 15 is 0 Å². The summed E-state index contributed by atoms with van der Waals surface area (Å²) in [5, 5.41) is 4.00. The summed E-state index contributed by atoms with van der Waals surface area (Å²) in [5.41, 5.74) is 2.26. The molecule has 0 radical (unpaired) electrons. The van der Waals surface area contributed by atoms with Crippen LogP contribution < -0.4 is 10.2 Å². The van der Waals surface area contributed by atoms with Gasteiger partial charge in [-0.05, 0) is 43.7 Å². The number of halogens is 1. The van der Waals surface area contributed by atoms with Crippen molar-refractivity contribution < 1.29 is 4.39 Å². The average molecular weight is 296 g/mol. The summed E-state index contributed by atoms with van der Waals surface area (Å²) in [7, 11) is 0. The molecule has 0 aliphatic carbocycles. The zero-order valence-corrected chi connectivity index (χ0v) is 13.5. The lowest BCUT2D eigenvalue weighted by Crippen LogP contribution is -2.45. The highest BCUT2D eigenvalue weighted by Crippen LogP contribution is 2.31. The molecule has 0 bridgehead atoms. The van der Waals surface area contributed by atoms with Gasteiger partial charge in [-0.2, -0.15) is 11.8 Å². The van der Waals surface area contributed by atoms with Crippen LogP contribution in [0.25, 0.3) is 0 Å². The fourth-order valence-electron chi connectivity index (χ4n) is 2.65. The maximum atomic E-state index is 13.5. The fraction of sp³-hybridized carbons (Fsp3) is 0.625. The average Bonchev–Trinajstić information content (AvgIpc) is 2.43. The molecular formula is C16H25FN2S. The first-order valence-corrected chi connectivity index (χ1v) is 8.55. The molecule has 1 aliphatic heterocycles. The van der Waals surface area contributed by atoms with Crippen molar-refractivity contribution >= 4 is 17.4 Å². The van der Waals surface area contributed by atoms with Crippen LogP contribution in [-0.2, 0) is 6.54 Å². The third-order valence-electron chi connectivity index (χ3n) is 3.98. The van der Waals surface area contributed by atoms with Crippen LogP contribution in [-0.4, -0.2) is 30.1 Å². The topological polar surface area (TPSA) is 15.3 Å². The summed E-state index contributed by atoms with van der Waals surface area (Å²) in [5.74, 6) is 0.999. The van der Waals surface area contributed by atoms with Crippen LogP contribution in [0.15, 0.2) is 18.2 Å². The molecule has 1 aliphatic rings. The standard InChI is InChI=1S/C16H25FN2S/c1-4-7-18-11-14-10-15(17)5-6-16(14)19-8-9-20-13(3)12(19)2/h5-6,10,12-13,18H,4,7-9,11H2,1-3H3. The number of benzene rings is 1. The Morgan fingerprint density at radius 2 is 2.20 bits per heavy atom. The SMILES string of the molecule is CCCNCc1cc(F)ccc1N1CCSC(C)C1C. The number of hydrogen-bond donors (Lipinski definition) is 1. The fourth-order valence-corrected chi connectivity index (χ4v) is 3.75. The van der Waals surface area contributed by atoms with E-state index in [1.165, 1.54) is 5.69 Å². The molecule has 1 aromatic rings. The van der Waals surface area contributed by atoms with Crippen molar-refractivity contribution in [1.29, 1.82) is 0 Å². The minimum absolute atomic E-state index is 0.144. The van der Waals surface area contributed by atoms with Gasteiger partial charge in [0.25, 0.3) is 0 Å². The monoisotopic (exact) mass is 296 g/mol. The Morgan fingerprint density at radius 1 is 1.40 bits per heavy atom. The summed E-state index contributed by atoms with van der Waals surface area (Å²) in [6, 6.07) is 5.69.